The molecule has 1 fully saturated rings. The fourth-order valence-electron chi connectivity index (χ4n) is 2.33. The lowest BCUT2D eigenvalue weighted by molar-refractivity contribution is -0.141. The second kappa shape index (κ2) is 4.87. The van der Waals surface area contributed by atoms with Gasteiger partial charge >= 0.3 is 6.18 Å². The zero-order chi connectivity index (χ0) is 15.1. The number of thiocarbonyl (C=S) groups is 1. The van der Waals surface area contributed by atoms with Crippen LogP contribution in [-0.2, 0) is 6.18 Å². The summed E-state index contributed by atoms with van der Waals surface area (Å²) in [5, 5.41) is 0. The predicted molar refractivity (Wildman–Crippen MR) is 75.7 cm³/mol. The predicted octanol–water partition coefficient (Wildman–Crippen LogP) is 2.97. The third-order valence-electron chi connectivity index (χ3n) is 3.41. The molecule has 1 aromatic heterocycles. The molecule has 1 aromatic rings. The lowest BCUT2D eigenvalue weighted by Crippen LogP contribution is -2.28. The SMILES string of the molecule is CC1(C)CCN(c2nc(C(F)(F)F)ccc2C(N)=S)C1. The van der Waals surface area contributed by atoms with Gasteiger partial charge < -0.3 is 10.6 Å². The molecule has 2 N–H and O–H groups in total. The van der Waals surface area contributed by atoms with Gasteiger partial charge in [0.2, 0.25) is 0 Å². The smallest absolute Gasteiger partial charge is 0.389 e. The highest BCUT2D eigenvalue weighted by atomic mass is 32.1. The molecule has 0 saturated carbocycles. The van der Waals surface area contributed by atoms with Crippen molar-refractivity contribution in [1.82, 2.24) is 4.98 Å². The van der Waals surface area contributed by atoms with Crippen molar-refractivity contribution in [3.8, 4) is 0 Å². The Kier molecular flexibility index (Phi) is 3.66. The molecular formula is C13H16F3N3S. The number of alkyl halides is 3. The van der Waals surface area contributed by atoms with Crippen molar-refractivity contribution < 1.29 is 13.2 Å². The number of hydrogen-bond acceptors (Lipinski definition) is 3. The van der Waals surface area contributed by atoms with Gasteiger partial charge in [-0.2, -0.15) is 13.2 Å². The summed E-state index contributed by atoms with van der Waals surface area (Å²) < 4.78 is 38.4. The number of nitrogens with zero attached hydrogens (tertiary/aromatic N) is 2. The number of pyridine rings is 1. The van der Waals surface area contributed by atoms with E-state index in [0.717, 1.165) is 12.5 Å². The van der Waals surface area contributed by atoms with Crippen LogP contribution in [-0.4, -0.2) is 23.1 Å². The van der Waals surface area contributed by atoms with Gasteiger partial charge in [0.25, 0.3) is 0 Å². The average Bonchev–Trinajstić information content (AvgIpc) is 2.67. The van der Waals surface area contributed by atoms with Crippen LogP contribution in [0.4, 0.5) is 19.0 Å². The maximum absolute atomic E-state index is 12.8. The van der Waals surface area contributed by atoms with Crippen molar-refractivity contribution in [3.63, 3.8) is 0 Å². The van der Waals surface area contributed by atoms with E-state index >= 15 is 0 Å². The molecule has 0 unspecified atom stereocenters. The number of nitrogens with two attached hydrogens (primary N) is 1. The maximum atomic E-state index is 12.8. The lowest BCUT2D eigenvalue weighted by atomic mass is 9.93. The Balaban J connectivity index is 2.46. The quantitative estimate of drug-likeness (QED) is 0.853. The van der Waals surface area contributed by atoms with Crippen LogP contribution in [0.1, 0.15) is 31.5 Å². The first-order valence-electron chi connectivity index (χ1n) is 6.23. The van der Waals surface area contributed by atoms with Crippen molar-refractivity contribution >= 4 is 23.0 Å². The monoisotopic (exact) mass is 303 g/mol. The van der Waals surface area contributed by atoms with Gasteiger partial charge in [-0.25, -0.2) is 4.98 Å². The molecule has 0 atom stereocenters. The van der Waals surface area contributed by atoms with E-state index in [2.05, 4.69) is 18.8 Å². The van der Waals surface area contributed by atoms with Gasteiger partial charge in [-0.3, -0.25) is 0 Å². The molecule has 0 aromatic carbocycles. The summed E-state index contributed by atoms with van der Waals surface area (Å²) in [5.74, 6) is 0.234. The van der Waals surface area contributed by atoms with Crippen LogP contribution in [0.15, 0.2) is 12.1 Å². The Morgan fingerprint density at radius 1 is 1.40 bits per heavy atom. The van der Waals surface area contributed by atoms with Crippen molar-refractivity contribution in [2.24, 2.45) is 11.1 Å². The van der Waals surface area contributed by atoms with Gasteiger partial charge in [0.15, 0.2) is 0 Å². The summed E-state index contributed by atoms with van der Waals surface area (Å²) in [6, 6.07) is 2.22. The fourth-order valence-corrected chi connectivity index (χ4v) is 2.49. The van der Waals surface area contributed by atoms with Crippen molar-refractivity contribution in [2.45, 2.75) is 26.4 Å². The Morgan fingerprint density at radius 3 is 2.50 bits per heavy atom. The second-order valence-electron chi connectivity index (χ2n) is 5.77. The Morgan fingerprint density at radius 2 is 2.05 bits per heavy atom. The van der Waals surface area contributed by atoms with E-state index in [1.165, 1.54) is 6.07 Å². The van der Waals surface area contributed by atoms with Crippen molar-refractivity contribution in [3.05, 3.63) is 23.4 Å². The van der Waals surface area contributed by atoms with Crippen LogP contribution >= 0.6 is 12.2 Å². The third kappa shape index (κ3) is 3.03. The Bertz CT molecular complexity index is 540. The third-order valence-corrected chi connectivity index (χ3v) is 3.63. The molecule has 1 saturated heterocycles. The highest BCUT2D eigenvalue weighted by Gasteiger charge is 2.36. The van der Waals surface area contributed by atoms with Crippen LogP contribution < -0.4 is 10.6 Å². The van der Waals surface area contributed by atoms with Crippen LogP contribution in [0.3, 0.4) is 0 Å². The van der Waals surface area contributed by atoms with Gasteiger partial charge in [-0.1, -0.05) is 26.1 Å². The van der Waals surface area contributed by atoms with Crippen LogP contribution in [0, 0.1) is 5.41 Å². The highest BCUT2D eigenvalue weighted by molar-refractivity contribution is 7.80. The zero-order valence-corrected chi connectivity index (χ0v) is 12.1. The molecule has 0 aliphatic carbocycles. The molecule has 0 bridgehead atoms. The number of rotatable bonds is 2. The Hall–Kier alpha value is -1.37. The van der Waals surface area contributed by atoms with Gasteiger partial charge in [-0.05, 0) is 24.0 Å². The number of hydrogen-bond donors (Lipinski definition) is 1. The topological polar surface area (TPSA) is 42.2 Å². The molecule has 0 spiro atoms. The van der Waals surface area contributed by atoms with E-state index in [4.69, 9.17) is 18.0 Å². The summed E-state index contributed by atoms with van der Waals surface area (Å²) >= 11 is 4.91. The summed E-state index contributed by atoms with van der Waals surface area (Å²) in [4.78, 5) is 5.63. The second-order valence-corrected chi connectivity index (χ2v) is 6.21. The minimum absolute atomic E-state index is 0.0450. The maximum Gasteiger partial charge on any atom is 0.433 e. The minimum atomic E-state index is -4.47. The van der Waals surface area contributed by atoms with E-state index in [9.17, 15) is 13.2 Å². The van der Waals surface area contributed by atoms with Crippen molar-refractivity contribution in [1.29, 1.82) is 0 Å². The summed E-state index contributed by atoms with van der Waals surface area (Å²) in [6.45, 7) is 5.43. The summed E-state index contributed by atoms with van der Waals surface area (Å²) in [5.41, 5.74) is 5.11. The molecule has 2 heterocycles. The first kappa shape index (κ1) is 15.0. The molecule has 3 nitrogen and oxygen atoms in total. The fraction of sp³-hybridized carbons (Fsp3) is 0.538. The molecular weight excluding hydrogens is 287 g/mol. The molecule has 20 heavy (non-hydrogen) atoms. The molecule has 0 amide bonds. The Labute approximate surface area is 121 Å². The van der Waals surface area contributed by atoms with E-state index in [1.807, 2.05) is 4.90 Å². The van der Waals surface area contributed by atoms with E-state index < -0.39 is 11.9 Å². The molecule has 1 aliphatic heterocycles. The largest absolute Gasteiger partial charge is 0.433 e. The van der Waals surface area contributed by atoms with E-state index in [-0.39, 0.29) is 16.2 Å². The van der Waals surface area contributed by atoms with Gasteiger partial charge in [0.05, 0.1) is 5.56 Å². The molecule has 7 heteroatoms. The van der Waals surface area contributed by atoms with E-state index in [1.54, 1.807) is 0 Å². The first-order chi connectivity index (χ1) is 9.10. The number of anilines is 1. The highest BCUT2D eigenvalue weighted by Crippen LogP contribution is 2.35. The van der Waals surface area contributed by atoms with Crippen molar-refractivity contribution in [2.75, 3.05) is 18.0 Å². The van der Waals surface area contributed by atoms with Gasteiger partial charge in [-0.15, -0.1) is 0 Å². The van der Waals surface area contributed by atoms with Crippen LogP contribution in [0.5, 0.6) is 0 Å². The molecule has 2 rings (SSSR count). The normalized spacial score (nSPS) is 18.4. The summed E-state index contributed by atoms with van der Waals surface area (Å²) in [7, 11) is 0. The number of aromatic nitrogens is 1. The number of halogens is 3. The first-order valence-corrected chi connectivity index (χ1v) is 6.64. The molecule has 1 aliphatic rings. The summed E-state index contributed by atoms with van der Waals surface area (Å²) in [6.07, 6.45) is -3.58. The minimum Gasteiger partial charge on any atom is -0.389 e. The van der Waals surface area contributed by atoms with Crippen LogP contribution in [0.2, 0.25) is 0 Å². The lowest BCUT2D eigenvalue weighted by Gasteiger charge is -2.23. The van der Waals surface area contributed by atoms with E-state index in [0.29, 0.717) is 18.7 Å². The molecule has 110 valence electrons. The average molecular weight is 303 g/mol. The van der Waals surface area contributed by atoms with Crippen LogP contribution in [0.25, 0.3) is 0 Å². The standard InChI is InChI=1S/C13H16F3N3S/c1-12(2)5-6-19(7-12)11-8(10(17)20)3-4-9(18-11)13(14,15)16/h3-4H,5-7H2,1-2H3,(H2,17,20). The van der Waals surface area contributed by atoms with Gasteiger partial charge in [0, 0.05) is 13.1 Å². The molecule has 0 radical (unpaired) electrons. The zero-order valence-electron chi connectivity index (χ0n) is 11.3. The van der Waals surface area contributed by atoms with Gasteiger partial charge in [0.1, 0.15) is 16.5 Å².